The molecule has 0 fully saturated rings. The van der Waals surface area contributed by atoms with Crippen molar-refractivity contribution in [3.8, 4) is 11.3 Å². The molecule has 4 rings (SSSR count). The van der Waals surface area contributed by atoms with Gasteiger partial charge in [0.2, 0.25) is 0 Å². The molecule has 0 bridgehead atoms. The largest absolute Gasteiger partial charge is 0.326 e. The Morgan fingerprint density at radius 3 is 2.38 bits per heavy atom. The fourth-order valence-electron chi connectivity index (χ4n) is 3.18. The summed E-state index contributed by atoms with van der Waals surface area (Å²) in [6, 6.07) is 19.7. The number of aromatic nitrogens is 2. The molecule has 1 aromatic heterocycles. The van der Waals surface area contributed by atoms with Gasteiger partial charge < -0.3 is 4.57 Å². The molecule has 0 aliphatic heterocycles. The Kier molecular flexibility index (Phi) is 6.74. The third-order valence-corrected chi connectivity index (χ3v) is 5.89. The summed E-state index contributed by atoms with van der Waals surface area (Å²) in [6.45, 7) is 0.496. The Bertz CT molecular complexity index is 1300. The number of imidazole rings is 1. The number of halogens is 3. The molecule has 0 amide bonds. The summed E-state index contributed by atoms with van der Waals surface area (Å²) in [5.74, 6) is 0.729. The molecule has 0 unspecified atom stereocenters. The highest BCUT2D eigenvalue weighted by Gasteiger charge is 2.12. The lowest BCUT2D eigenvalue weighted by Crippen LogP contribution is -2.01. The second kappa shape index (κ2) is 9.69. The van der Waals surface area contributed by atoms with Gasteiger partial charge >= 0.3 is 0 Å². The van der Waals surface area contributed by atoms with Crippen molar-refractivity contribution in [2.45, 2.75) is 6.54 Å². The fraction of sp³-hybridized carbons (Fsp3) is 0.0417. The minimum atomic E-state index is -0.409. The zero-order valence-electron chi connectivity index (χ0n) is 16.6. The molecular formula is C24H16BrCl2N3O2. The van der Waals surface area contributed by atoms with Gasteiger partial charge in [-0.25, -0.2) is 4.98 Å². The van der Waals surface area contributed by atoms with Crippen molar-refractivity contribution >= 4 is 57.0 Å². The number of rotatable bonds is 6. The van der Waals surface area contributed by atoms with Crippen molar-refractivity contribution in [3.05, 3.63) is 115 Å². The Morgan fingerprint density at radius 2 is 1.72 bits per heavy atom. The number of hydrogen-bond acceptors (Lipinski definition) is 3. The third kappa shape index (κ3) is 5.27. The van der Waals surface area contributed by atoms with Crippen LogP contribution in [0.4, 0.5) is 5.69 Å². The quantitative estimate of drug-likeness (QED) is 0.190. The van der Waals surface area contributed by atoms with Crippen molar-refractivity contribution in [2.24, 2.45) is 0 Å². The van der Waals surface area contributed by atoms with Crippen LogP contribution in [0.3, 0.4) is 0 Å². The van der Waals surface area contributed by atoms with E-state index in [0.29, 0.717) is 22.3 Å². The summed E-state index contributed by atoms with van der Waals surface area (Å²) in [4.78, 5) is 15.3. The number of non-ortho nitro benzene ring substituents is 1. The van der Waals surface area contributed by atoms with Gasteiger partial charge in [-0.05, 0) is 47.5 Å². The number of nitro groups is 1. The van der Waals surface area contributed by atoms with Crippen LogP contribution in [0.25, 0.3) is 23.4 Å². The first-order valence-corrected chi connectivity index (χ1v) is 11.1. The van der Waals surface area contributed by atoms with Crippen molar-refractivity contribution in [1.82, 2.24) is 9.55 Å². The molecule has 0 radical (unpaired) electrons. The molecule has 0 spiro atoms. The first kappa shape index (κ1) is 22.3. The predicted octanol–water partition coefficient (Wildman–Crippen LogP) is 7.75. The Morgan fingerprint density at radius 1 is 1.00 bits per heavy atom. The molecule has 3 aromatic carbocycles. The van der Waals surface area contributed by atoms with Gasteiger partial charge in [0.05, 0.1) is 15.6 Å². The SMILES string of the molecule is O=[N+]([O-])c1ccc(Cn2cc(-c3ccc(Cl)cc3Cl)nc2/C=C/c2ccc(Br)cc2)cc1. The lowest BCUT2D eigenvalue weighted by Gasteiger charge is -2.05. The summed E-state index contributed by atoms with van der Waals surface area (Å²) in [6.07, 6.45) is 5.83. The average Bonchev–Trinajstić information content (AvgIpc) is 3.16. The second-order valence-electron chi connectivity index (χ2n) is 7.04. The fourth-order valence-corrected chi connectivity index (χ4v) is 3.95. The van der Waals surface area contributed by atoms with Crippen LogP contribution < -0.4 is 0 Å². The normalized spacial score (nSPS) is 11.2. The van der Waals surface area contributed by atoms with Crippen LogP contribution in [0.1, 0.15) is 17.0 Å². The molecule has 32 heavy (non-hydrogen) atoms. The minimum absolute atomic E-state index is 0.0587. The molecule has 0 saturated heterocycles. The van der Waals surface area contributed by atoms with Gasteiger partial charge in [0.25, 0.3) is 5.69 Å². The van der Waals surface area contributed by atoms with Gasteiger partial charge in [0.15, 0.2) is 0 Å². The summed E-state index contributed by atoms with van der Waals surface area (Å²) in [7, 11) is 0. The van der Waals surface area contributed by atoms with Gasteiger partial charge in [-0.1, -0.05) is 69.5 Å². The van der Waals surface area contributed by atoms with E-state index in [1.165, 1.54) is 12.1 Å². The molecular weight excluding hydrogens is 513 g/mol. The monoisotopic (exact) mass is 527 g/mol. The van der Waals surface area contributed by atoms with Gasteiger partial charge in [-0.3, -0.25) is 10.1 Å². The zero-order chi connectivity index (χ0) is 22.7. The van der Waals surface area contributed by atoms with Crippen molar-refractivity contribution in [3.63, 3.8) is 0 Å². The van der Waals surface area contributed by atoms with E-state index >= 15 is 0 Å². The molecule has 5 nitrogen and oxygen atoms in total. The standard InChI is InChI=1S/C24H16BrCl2N3O2/c25-18-6-1-16(2-7-18)5-12-24-28-23(21-11-8-19(26)13-22(21)27)15-29(24)14-17-3-9-20(10-4-17)30(31)32/h1-13,15H,14H2/b12-5+. The molecule has 1 heterocycles. The second-order valence-corrected chi connectivity index (χ2v) is 8.80. The van der Waals surface area contributed by atoms with Crippen molar-refractivity contribution in [1.29, 1.82) is 0 Å². The van der Waals surface area contributed by atoms with Gasteiger partial charge in [-0.15, -0.1) is 0 Å². The van der Waals surface area contributed by atoms with Crippen molar-refractivity contribution < 1.29 is 4.92 Å². The molecule has 4 aromatic rings. The van der Waals surface area contributed by atoms with E-state index in [0.717, 1.165) is 27.0 Å². The predicted molar refractivity (Wildman–Crippen MR) is 133 cm³/mol. The average molecular weight is 529 g/mol. The Hall–Kier alpha value is -2.93. The van der Waals surface area contributed by atoms with Crippen LogP contribution in [0.15, 0.2) is 77.4 Å². The maximum Gasteiger partial charge on any atom is 0.269 e. The molecule has 0 aliphatic rings. The van der Waals surface area contributed by atoms with Gasteiger partial charge in [-0.2, -0.15) is 0 Å². The molecule has 160 valence electrons. The van der Waals surface area contributed by atoms with Crippen LogP contribution in [0.2, 0.25) is 10.0 Å². The van der Waals surface area contributed by atoms with Crippen LogP contribution in [-0.2, 0) is 6.54 Å². The molecule has 0 saturated carbocycles. The van der Waals surface area contributed by atoms with E-state index in [1.807, 2.05) is 53.2 Å². The summed E-state index contributed by atoms with van der Waals surface area (Å²) < 4.78 is 2.99. The molecule has 0 atom stereocenters. The number of nitro benzene ring substituents is 1. The lowest BCUT2D eigenvalue weighted by atomic mass is 10.2. The highest BCUT2D eigenvalue weighted by Crippen LogP contribution is 2.30. The van der Waals surface area contributed by atoms with E-state index in [1.54, 1.807) is 24.3 Å². The summed E-state index contributed by atoms with van der Waals surface area (Å²) in [5.41, 5.74) is 3.49. The van der Waals surface area contributed by atoms with Crippen LogP contribution in [0.5, 0.6) is 0 Å². The summed E-state index contributed by atoms with van der Waals surface area (Å²) >= 11 is 15.9. The Balaban J connectivity index is 1.71. The summed E-state index contributed by atoms with van der Waals surface area (Å²) in [5, 5.41) is 12.0. The third-order valence-electron chi connectivity index (χ3n) is 4.81. The molecule has 0 N–H and O–H groups in total. The highest BCUT2D eigenvalue weighted by atomic mass is 79.9. The lowest BCUT2D eigenvalue weighted by molar-refractivity contribution is -0.384. The van der Waals surface area contributed by atoms with E-state index in [9.17, 15) is 10.1 Å². The van der Waals surface area contributed by atoms with Crippen LogP contribution >= 0.6 is 39.1 Å². The topological polar surface area (TPSA) is 61.0 Å². The van der Waals surface area contributed by atoms with E-state index in [4.69, 9.17) is 28.2 Å². The smallest absolute Gasteiger partial charge is 0.269 e. The van der Waals surface area contributed by atoms with E-state index in [2.05, 4.69) is 15.9 Å². The molecule has 0 aliphatic carbocycles. The maximum absolute atomic E-state index is 10.9. The Labute approximate surface area is 203 Å². The molecule has 8 heteroatoms. The van der Waals surface area contributed by atoms with E-state index in [-0.39, 0.29) is 5.69 Å². The first-order chi connectivity index (χ1) is 15.4. The van der Waals surface area contributed by atoms with E-state index < -0.39 is 4.92 Å². The van der Waals surface area contributed by atoms with Gasteiger partial charge in [0, 0.05) is 39.9 Å². The maximum atomic E-state index is 10.9. The minimum Gasteiger partial charge on any atom is -0.326 e. The van der Waals surface area contributed by atoms with Crippen LogP contribution in [0, 0.1) is 10.1 Å². The van der Waals surface area contributed by atoms with Crippen LogP contribution in [-0.4, -0.2) is 14.5 Å². The number of hydrogen-bond donors (Lipinski definition) is 0. The highest BCUT2D eigenvalue weighted by molar-refractivity contribution is 9.10. The first-order valence-electron chi connectivity index (χ1n) is 9.58. The number of nitrogens with zero attached hydrogens (tertiary/aromatic N) is 3. The van der Waals surface area contributed by atoms with Gasteiger partial charge in [0.1, 0.15) is 5.82 Å². The van der Waals surface area contributed by atoms with Crippen molar-refractivity contribution in [2.75, 3.05) is 0 Å². The zero-order valence-corrected chi connectivity index (χ0v) is 19.7. The number of benzene rings is 3.